The first kappa shape index (κ1) is 12.1. The molecule has 0 spiro atoms. The number of nitriles is 1. The van der Waals surface area contributed by atoms with Gasteiger partial charge in [-0.1, -0.05) is 23.7 Å². The lowest BCUT2D eigenvalue weighted by atomic mass is 10.3. The number of para-hydroxylation sites is 1. The van der Waals surface area contributed by atoms with Crippen molar-refractivity contribution in [3.05, 3.63) is 34.2 Å². The number of thiazole rings is 1. The maximum absolute atomic E-state index is 9.31. The molecule has 0 saturated carbocycles. The van der Waals surface area contributed by atoms with Gasteiger partial charge in [-0.15, -0.1) is 11.3 Å². The summed E-state index contributed by atoms with van der Waals surface area (Å²) in [4.78, 5) is 5.16. The van der Waals surface area contributed by atoms with Crippen LogP contribution in [-0.4, -0.2) is 10.2 Å². The Labute approximate surface area is 120 Å². The van der Waals surface area contributed by atoms with Crippen LogP contribution < -0.4 is 0 Å². The fourth-order valence-corrected chi connectivity index (χ4v) is 4.80. The molecular formula is C11H4ClN3S3. The molecule has 88 valence electrons. The summed E-state index contributed by atoms with van der Waals surface area (Å²) < 4.78 is 5.06. The van der Waals surface area contributed by atoms with Gasteiger partial charge in [0.15, 0.2) is 5.17 Å². The van der Waals surface area contributed by atoms with Crippen molar-refractivity contribution in [3.63, 3.8) is 0 Å². The number of fused-ring (bicyclic) bond motifs is 1. The van der Waals surface area contributed by atoms with Gasteiger partial charge in [0.2, 0.25) is 0 Å². The second kappa shape index (κ2) is 4.94. The van der Waals surface area contributed by atoms with Crippen molar-refractivity contribution < 1.29 is 0 Å². The summed E-state index contributed by atoms with van der Waals surface area (Å²) in [7, 11) is 2.67. The quantitative estimate of drug-likeness (QED) is 0.443. The van der Waals surface area contributed by atoms with Gasteiger partial charge < -0.3 is 0 Å². The minimum Gasteiger partial charge on any atom is -0.235 e. The molecule has 3 rings (SSSR count). The Balaban J connectivity index is 2.19. The van der Waals surface area contributed by atoms with Crippen LogP contribution in [0.25, 0.3) is 15.8 Å². The number of rotatable bonds is 1. The Morgan fingerprint density at radius 1 is 1.33 bits per heavy atom. The number of nitrogens with zero attached hydrogens (tertiary/aromatic N) is 3. The Kier molecular flexibility index (Phi) is 3.31. The molecule has 0 N–H and O–H groups in total. The van der Waals surface area contributed by atoms with Crippen LogP contribution in [0.2, 0.25) is 0 Å². The third kappa shape index (κ3) is 2.04. The molecule has 0 amide bonds. The molecule has 1 aromatic carbocycles. The topological polar surface area (TPSA) is 49.0 Å². The van der Waals surface area contributed by atoms with Crippen LogP contribution in [0.5, 0.6) is 0 Å². The molecule has 7 heteroatoms. The highest BCUT2D eigenvalue weighted by molar-refractivity contribution is 8.78. The molecule has 0 atom stereocenters. The van der Waals surface area contributed by atoms with Crippen molar-refractivity contribution in [2.24, 2.45) is 4.40 Å². The molecule has 1 aliphatic heterocycles. The summed E-state index contributed by atoms with van der Waals surface area (Å²) in [5.74, 6) is 0. The molecule has 0 saturated heterocycles. The highest BCUT2D eigenvalue weighted by Gasteiger charge is 2.22. The number of aromatic nitrogens is 1. The third-order valence-corrected chi connectivity index (χ3v) is 5.65. The fourth-order valence-electron chi connectivity index (χ4n) is 1.48. The van der Waals surface area contributed by atoms with E-state index in [0.29, 0.717) is 20.7 Å². The zero-order chi connectivity index (χ0) is 12.5. The van der Waals surface area contributed by atoms with E-state index >= 15 is 0 Å². The van der Waals surface area contributed by atoms with E-state index in [4.69, 9.17) is 11.6 Å². The normalized spacial score (nSPS) is 17.7. The van der Waals surface area contributed by atoms with Gasteiger partial charge in [-0.05, 0) is 22.9 Å². The Bertz CT molecular complexity index is 693. The zero-order valence-corrected chi connectivity index (χ0v) is 12.0. The molecule has 2 heterocycles. The average Bonchev–Trinajstić information content (AvgIpc) is 2.97. The number of hydrogen-bond donors (Lipinski definition) is 0. The summed E-state index contributed by atoms with van der Waals surface area (Å²) in [6.45, 7) is 0. The van der Waals surface area contributed by atoms with Crippen LogP contribution in [0.15, 0.2) is 33.6 Å². The molecule has 3 nitrogen and oxygen atoms in total. The molecule has 0 aliphatic carbocycles. The van der Waals surface area contributed by atoms with Crippen LogP contribution in [0.1, 0.15) is 5.01 Å². The Hall–Kier alpha value is -1.00. The van der Waals surface area contributed by atoms with Gasteiger partial charge in [-0.3, -0.25) is 0 Å². The molecule has 0 fully saturated rings. The fraction of sp³-hybridized carbons (Fsp3) is 0. The van der Waals surface area contributed by atoms with Crippen molar-refractivity contribution in [1.29, 1.82) is 5.26 Å². The number of hydrogen-bond acceptors (Lipinski definition) is 6. The first-order valence-electron chi connectivity index (χ1n) is 4.87. The van der Waals surface area contributed by atoms with Gasteiger partial charge in [-0.2, -0.15) is 9.66 Å². The second-order valence-corrected chi connectivity index (χ2v) is 6.59. The third-order valence-electron chi connectivity index (χ3n) is 2.27. The maximum Gasteiger partial charge on any atom is 0.154 e. The Morgan fingerprint density at radius 3 is 2.83 bits per heavy atom. The van der Waals surface area contributed by atoms with Gasteiger partial charge in [0.1, 0.15) is 16.6 Å². The maximum atomic E-state index is 9.31. The summed E-state index contributed by atoms with van der Waals surface area (Å²) in [5, 5.41) is 10.4. The molecule has 0 unspecified atom stereocenters. The van der Waals surface area contributed by atoms with Crippen molar-refractivity contribution >= 4 is 65.7 Å². The zero-order valence-electron chi connectivity index (χ0n) is 8.75. The van der Waals surface area contributed by atoms with Crippen LogP contribution in [0, 0.1) is 11.3 Å². The van der Waals surface area contributed by atoms with Crippen LogP contribution in [-0.2, 0) is 0 Å². The van der Waals surface area contributed by atoms with E-state index in [9.17, 15) is 5.26 Å². The van der Waals surface area contributed by atoms with E-state index in [1.807, 2.05) is 24.3 Å². The van der Waals surface area contributed by atoms with Gasteiger partial charge in [0.25, 0.3) is 0 Å². The largest absolute Gasteiger partial charge is 0.235 e. The molecule has 0 bridgehead atoms. The first-order valence-corrected chi connectivity index (χ1v) is 8.17. The van der Waals surface area contributed by atoms with E-state index in [1.165, 1.54) is 33.1 Å². The van der Waals surface area contributed by atoms with Crippen LogP contribution in [0.3, 0.4) is 0 Å². The van der Waals surface area contributed by atoms with Crippen molar-refractivity contribution in [3.8, 4) is 6.07 Å². The SMILES string of the molecule is N#C/C(=C1/SSN=C1Cl)c1nc2ccccc2s1. The van der Waals surface area contributed by atoms with E-state index in [-0.39, 0.29) is 0 Å². The van der Waals surface area contributed by atoms with Crippen molar-refractivity contribution in [2.45, 2.75) is 0 Å². The van der Waals surface area contributed by atoms with Crippen molar-refractivity contribution in [1.82, 2.24) is 4.98 Å². The predicted molar refractivity (Wildman–Crippen MR) is 80.6 cm³/mol. The average molecular weight is 310 g/mol. The summed E-state index contributed by atoms with van der Waals surface area (Å²) in [6.07, 6.45) is 0. The second-order valence-electron chi connectivity index (χ2n) is 3.34. The number of halogens is 1. The molecule has 1 aromatic heterocycles. The molecule has 0 radical (unpaired) electrons. The number of allylic oxidation sites excluding steroid dienone is 2. The predicted octanol–water partition coefficient (Wildman–Crippen LogP) is 4.48. The van der Waals surface area contributed by atoms with Crippen LogP contribution in [0.4, 0.5) is 0 Å². The molecule has 1 aliphatic rings. The van der Waals surface area contributed by atoms with Crippen molar-refractivity contribution in [2.75, 3.05) is 0 Å². The highest BCUT2D eigenvalue weighted by Crippen LogP contribution is 2.44. The number of benzene rings is 1. The van der Waals surface area contributed by atoms with E-state index in [2.05, 4.69) is 15.5 Å². The molecular weight excluding hydrogens is 306 g/mol. The van der Waals surface area contributed by atoms with Gasteiger partial charge in [0.05, 0.1) is 26.1 Å². The van der Waals surface area contributed by atoms with Crippen LogP contribution >= 0.6 is 44.7 Å². The monoisotopic (exact) mass is 309 g/mol. The van der Waals surface area contributed by atoms with Gasteiger partial charge >= 0.3 is 0 Å². The van der Waals surface area contributed by atoms with Gasteiger partial charge in [0, 0.05) is 0 Å². The summed E-state index contributed by atoms with van der Waals surface area (Å²) in [6, 6.07) is 9.99. The molecule has 2 aromatic rings. The highest BCUT2D eigenvalue weighted by atomic mass is 35.5. The van der Waals surface area contributed by atoms with E-state index in [1.54, 1.807) is 0 Å². The van der Waals surface area contributed by atoms with E-state index < -0.39 is 0 Å². The summed E-state index contributed by atoms with van der Waals surface area (Å²) >= 11 is 7.47. The summed E-state index contributed by atoms with van der Waals surface area (Å²) in [5.41, 5.74) is 1.40. The lowest BCUT2D eigenvalue weighted by molar-refractivity contribution is 1.43. The van der Waals surface area contributed by atoms with Gasteiger partial charge in [-0.25, -0.2) is 4.98 Å². The van der Waals surface area contributed by atoms with E-state index in [0.717, 1.165) is 10.2 Å². The lowest BCUT2D eigenvalue weighted by Crippen LogP contribution is -1.90. The smallest absolute Gasteiger partial charge is 0.154 e. The first-order chi connectivity index (χ1) is 8.79. The lowest BCUT2D eigenvalue weighted by Gasteiger charge is -1.96. The Morgan fingerprint density at radius 2 is 2.17 bits per heavy atom. The minimum atomic E-state index is 0.376. The standard InChI is InChI=1S/C11H4ClN3S3/c12-10-9(17-18-15-10)6(5-13)11-14-7-3-1-2-4-8(7)16-11/h1-4H/b9-6-. The molecule has 18 heavy (non-hydrogen) atoms. The minimum absolute atomic E-state index is 0.376.